The van der Waals surface area contributed by atoms with E-state index in [1.54, 1.807) is 0 Å². The van der Waals surface area contributed by atoms with Crippen molar-refractivity contribution in [2.75, 3.05) is 6.54 Å². The number of rotatable bonds is 5. The van der Waals surface area contributed by atoms with Crippen LogP contribution in [-0.4, -0.2) is 12.6 Å². The van der Waals surface area contributed by atoms with Gasteiger partial charge in [-0.05, 0) is 56.6 Å². The van der Waals surface area contributed by atoms with Crippen LogP contribution < -0.4 is 5.32 Å². The average molecular weight is 245 g/mol. The second kappa shape index (κ2) is 5.88. The van der Waals surface area contributed by atoms with Gasteiger partial charge in [0.2, 0.25) is 0 Å². The molecule has 1 saturated carbocycles. The van der Waals surface area contributed by atoms with Crippen molar-refractivity contribution in [3.63, 3.8) is 0 Å². The predicted molar refractivity (Wildman–Crippen MR) is 78.9 cm³/mol. The molecule has 1 N–H and O–H groups in total. The summed E-state index contributed by atoms with van der Waals surface area (Å²) in [5.74, 6) is 0. The number of nitrogens with one attached hydrogen (secondary N) is 1. The zero-order valence-corrected chi connectivity index (χ0v) is 12.1. The van der Waals surface area contributed by atoms with Crippen LogP contribution in [0, 0.1) is 12.3 Å². The van der Waals surface area contributed by atoms with Crippen molar-refractivity contribution in [2.24, 2.45) is 5.41 Å². The van der Waals surface area contributed by atoms with Crippen LogP contribution in [0.4, 0.5) is 0 Å². The molecule has 0 spiro atoms. The van der Waals surface area contributed by atoms with Gasteiger partial charge in [0.15, 0.2) is 0 Å². The van der Waals surface area contributed by atoms with E-state index in [9.17, 15) is 0 Å². The third-order valence-corrected chi connectivity index (χ3v) is 4.23. The van der Waals surface area contributed by atoms with Crippen LogP contribution in [-0.2, 0) is 6.42 Å². The third kappa shape index (κ3) is 3.58. The molecule has 0 radical (unpaired) electrons. The molecule has 0 aliphatic heterocycles. The summed E-state index contributed by atoms with van der Waals surface area (Å²) in [6, 6.07) is 9.75. The highest BCUT2D eigenvalue weighted by Gasteiger charge is 2.34. The molecule has 1 aliphatic rings. The number of hydrogen-bond acceptors (Lipinski definition) is 1. The van der Waals surface area contributed by atoms with Gasteiger partial charge in [-0.15, -0.1) is 0 Å². The van der Waals surface area contributed by atoms with E-state index in [2.05, 4.69) is 50.4 Å². The minimum absolute atomic E-state index is 0.499. The molecular formula is C17H27N. The van der Waals surface area contributed by atoms with Crippen LogP contribution >= 0.6 is 0 Å². The number of aryl methyl sites for hydroxylation is 1. The summed E-state index contributed by atoms with van der Waals surface area (Å²) in [6.07, 6.45) is 6.52. The highest BCUT2D eigenvalue weighted by molar-refractivity contribution is 5.23. The molecular weight excluding hydrogens is 218 g/mol. The van der Waals surface area contributed by atoms with Crippen molar-refractivity contribution >= 4 is 0 Å². The summed E-state index contributed by atoms with van der Waals surface area (Å²) >= 11 is 0. The summed E-state index contributed by atoms with van der Waals surface area (Å²) in [6.45, 7) is 8.06. The highest BCUT2D eigenvalue weighted by Crippen LogP contribution is 2.40. The van der Waals surface area contributed by atoms with Gasteiger partial charge >= 0.3 is 0 Å². The molecule has 0 amide bonds. The minimum Gasteiger partial charge on any atom is -0.314 e. The van der Waals surface area contributed by atoms with Gasteiger partial charge in [0.05, 0.1) is 0 Å². The van der Waals surface area contributed by atoms with E-state index in [0.29, 0.717) is 5.41 Å². The monoisotopic (exact) mass is 245 g/mol. The fraction of sp³-hybridized carbons (Fsp3) is 0.647. The first-order valence-electron chi connectivity index (χ1n) is 7.40. The zero-order valence-electron chi connectivity index (χ0n) is 12.1. The summed E-state index contributed by atoms with van der Waals surface area (Å²) in [4.78, 5) is 0. The first-order chi connectivity index (χ1) is 8.61. The summed E-state index contributed by atoms with van der Waals surface area (Å²) in [5.41, 5.74) is 3.39. The quantitative estimate of drug-likeness (QED) is 0.823. The molecule has 1 fully saturated rings. The van der Waals surface area contributed by atoms with Crippen molar-refractivity contribution < 1.29 is 0 Å². The Kier molecular flexibility index (Phi) is 4.45. The first kappa shape index (κ1) is 13.6. The molecule has 0 saturated heterocycles. The largest absolute Gasteiger partial charge is 0.314 e. The Morgan fingerprint density at radius 1 is 1.39 bits per heavy atom. The van der Waals surface area contributed by atoms with Crippen molar-refractivity contribution in [3.8, 4) is 0 Å². The standard InChI is InChI=1S/C17H27N/c1-4-10-18-16-8-9-17(3,13-16)12-15-7-5-6-14(2)11-15/h5-7,11,16,18H,4,8-10,12-13H2,1-3H3. The Morgan fingerprint density at radius 2 is 2.22 bits per heavy atom. The summed E-state index contributed by atoms with van der Waals surface area (Å²) in [7, 11) is 0. The van der Waals surface area contributed by atoms with E-state index in [4.69, 9.17) is 0 Å². The van der Waals surface area contributed by atoms with Gasteiger partial charge in [-0.1, -0.05) is 43.7 Å². The Morgan fingerprint density at radius 3 is 2.94 bits per heavy atom. The van der Waals surface area contributed by atoms with Gasteiger partial charge in [-0.3, -0.25) is 0 Å². The van der Waals surface area contributed by atoms with Crippen LogP contribution in [0.15, 0.2) is 24.3 Å². The van der Waals surface area contributed by atoms with Gasteiger partial charge < -0.3 is 5.32 Å². The van der Waals surface area contributed by atoms with Gasteiger partial charge in [0.1, 0.15) is 0 Å². The smallest absolute Gasteiger partial charge is 0.00725 e. The Bertz CT molecular complexity index is 385. The fourth-order valence-corrected chi connectivity index (χ4v) is 3.32. The van der Waals surface area contributed by atoms with Crippen molar-refractivity contribution in [2.45, 2.75) is 58.9 Å². The predicted octanol–water partition coefficient (Wildman–Crippen LogP) is 4.10. The van der Waals surface area contributed by atoms with E-state index < -0.39 is 0 Å². The van der Waals surface area contributed by atoms with Gasteiger partial charge in [-0.25, -0.2) is 0 Å². The lowest BCUT2D eigenvalue weighted by Crippen LogP contribution is -2.28. The number of benzene rings is 1. The lowest BCUT2D eigenvalue weighted by Gasteiger charge is -2.24. The van der Waals surface area contributed by atoms with Gasteiger partial charge in [-0.2, -0.15) is 0 Å². The molecule has 0 heterocycles. The fourth-order valence-electron chi connectivity index (χ4n) is 3.32. The molecule has 2 atom stereocenters. The van der Waals surface area contributed by atoms with Gasteiger partial charge in [0, 0.05) is 6.04 Å². The van der Waals surface area contributed by atoms with Crippen molar-refractivity contribution in [1.29, 1.82) is 0 Å². The zero-order chi connectivity index (χ0) is 13.0. The normalized spacial score (nSPS) is 27.6. The molecule has 1 nitrogen and oxygen atoms in total. The van der Waals surface area contributed by atoms with Crippen molar-refractivity contribution in [1.82, 2.24) is 5.32 Å². The topological polar surface area (TPSA) is 12.0 Å². The minimum atomic E-state index is 0.499. The second-order valence-corrected chi connectivity index (χ2v) is 6.37. The molecule has 100 valence electrons. The average Bonchev–Trinajstić information content (AvgIpc) is 2.68. The Labute approximate surface area is 112 Å². The van der Waals surface area contributed by atoms with Crippen LogP contribution in [0.25, 0.3) is 0 Å². The summed E-state index contributed by atoms with van der Waals surface area (Å²) < 4.78 is 0. The maximum atomic E-state index is 3.68. The molecule has 2 rings (SSSR count). The molecule has 1 aliphatic carbocycles. The second-order valence-electron chi connectivity index (χ2n) is 6.37. The molecule has 0 aromatic heterocycles. The third-order valence-electron chi connectivity index (χ3n) is 4.23. The van der Waals surface area contributed by atoms with E-state index in [-0.39, 0.29) is 0 Å². The first-order valence-corrected chi connectivity index (χ1v) is 7.40. The Hall–Kier alpha value is -0.820. The Balaban J connectivity index is 1.93. The lowest BCUT2D eigenvalue weighted by molar-refractivity contribution is 0.322. The number of hydrogen-bond donors (Lipinski definition) is 1. The molecule has 1 heteroatoms. The van der Waals surface area contributed by atoms with E-state index in [0.717, 1.165) is 6.04 Å². The van der Waals surface area contributed by atoms with Gasteiger partial charge in [0.25, 0.3) is 0 Å². The van der Waals surface area contributed by atoms with E-state index in [1.807, 2.05) is 0 Å². The molecule has 2 unspecified atom stereocenters. The van der Waals surface area contributed by atoms with Crippen LogP contribution in [0.2, 0.25) is 0 Å². The highest BCUT2D eigenvalue weighted by atomic mass is 14.9. The summed E-state index contributed by atoms with van der Waals surface area (Å²) in [5, 5.41) is 3.68. The van der Waals surface area contributed by atoms with E-state index >= 15 is 0 Å². The maximum absolute atomic E-state index is 3.68. The molecule has 18 heavy (non-hydrogen) atoms. The van der Waals surface area contributed by atoms with Crippen molar-refractivity contribution in [3.05, 3.63) is 35.4 Å². The lowest BCUT2D eigenvalue weighted by atomic mass is 9.81. The molecule has 1 aromatic carbocycles. The maximum Gasteiger partial charge on any atom is 0.00725 e. The SMILES string of the molecule is CCCNC1CCC(C)(Cc2cccc(C)c2)C1. The molecule has 1 aromatic rings. The van der Waals surface area contributed by atoms with Crippen LogP contribution in [0.1, 0.15) is 50.7 Å². The van der Waals surface area contributed by atoms with Crippen LogP contribution in [0.3, 0.4) is 0 Å². The van der Waals surface area contributed by atoms with E-state index in [1.165, 1.54) is 49.8 Å². The van der Waals surface area contributed by atoms with Crippen LogP contribution in [0.5, 0.6) is 0 Å². The molecule has 0 bridgehead atoms.